The number of nitrogens with two attached hydrogens (primary N) is 2. The summed E-state index contributed by atoms with van der Waals surface area (Å²) < 4.78 is 29.2. The summed E-state index contributed by atoms with van der Waals surface area (Å²) in [5, 5.41) is 2.96. The molecule has 1 atom stereocenters. The van der Waals surface area contributed by atoms with Gasteiger partial charge in [0, 0.05) is 18.0 Å². The van der Waals surface area contributed by atoms with Gasteiger partial charge in [0.25, 0.3) is 5.92 Å². The summed E-state index contributed by atoms with van der Waals surface area (Å²) in [7, 11) is 0. The third kappa shape index (κ3) is 5.33. The van der Waals surface area contributed by atoms with Crippen molar-refractivity contribution in [3.63, 3.8) is 0 Å². The van der Waals surface area contributed by atoms with E-state index < -0.39 is 12.5 Å². The predicted octanol–water partition coefficient (Wildman–Crippen LogP) is 4.88. The number of pyridine rings is 1. The van der Waals surface area contributed by atoms with Gasteiger partial charge in [0.15, 0.2) is 0 Å². The maximum Gasteiger partial charge on any atom is 0.285 e. The van der Waals surface area contributed by atoms with E-state index in [4.69, 9.17) is 11.5 Å². The highest BCUT2D eigenvalue weighted by Gasteiger charge is 2.31. The van der Waals surface area contributed by atoms with Crippen LogP contribution in [0.4, 0.5) is 20.4 Å². The Morgan fingerprint density at radius 2 is 1.50 bits per heavy atom. The Balaban J connectivity index is 1.86. The van der Waals surface area contributed by atoms with Crippen molar-refractivity contribution in [2.75, 3.05) is 24.6 Å². The van der Waals surface area contributed by atoms with Crippen molar-refractivity contribution in [3.05, 3.63) is 89.0 Å². The number of benzene rings is 2. The van der Waals surface area contributed by atoms with Crippen LogP contribution in [0.1, 0.15) is 47.9 Å². The van der Waals surface area contributed by atoms with Crippen molar-refractivity contribution in [1.29, 1.82) is 0 Å². The smallest absolute Gasteiger partial charge is 0.285 e. The number of anilines is 2. The van der Waals surface area contributed by atoms with Gasteiger partial charge in [-0.15, -0.1) is 0 Å². The molecule has 0 saturated heterocycles. The molecule has 0 aliphatic rings. The van der Waals surface area contributed by atoms with Crippen LogP contribution in [0.25, 0.3) is 0 Å². The normalized spacial score (nSPS) is 12.8. The van der Waals surface area contributed by atoms with Crippen LogP contribution in [-0.4, -0.2) is 18.1 Å². The van der Waals surface area contributed by atoms with Gasteiger partial charge in [-0.25, -0.2) is 4.98 Å². The third-order valence-corrected chi connectivity index (χ3v) is 5.16. The summed E-state index contributed by atoms with van der Waals surface area (Å²) in [5.74, 6) is -2.19. The molecule has 158 valence electrons. The monoisotopic (exact) mass is 410 g/mol. The van der Waals surface area contributed by atoms with E-state index >= 15 is 0 Å². The Kier molecular flexibility index (Phi) is 6.67. The highest BCUT2D eigenvalue weighted by molar-refractivity contribution is 5.48. The predicted molar refractivity (Wildman–Crippen MR) is 119 cm³/mol. The van der Waals surface area contributed by atoms with Gasteiger partial charge in [0.2, 0.25) is 0 Å². The van der Waals surface area contributed by atoms with E-state index in [0.717, 1.165) is 11.1 Å². The lowest BCUT2D eigenvalue weighted by Gasteiger charge is -2.23. The van der Waals surface area contributed by atoms with Crippen LogP contribution in [0.5, 0.6) is 0 Å². The highest BCUT2D eigenvalue weighted by Crippen LogP contribution is 2.30. The molecule has 0 aliphatic carbocycles. The molecule has 0 fully saturated rings. The molecule has 0 amide bonds. The summed E-state index contributed by atoms with van der Waals surface area (Å²) in [5.41, 5.74) is 14.8. The van der Waals surface area contributed by atoms with Crippen LogP contribution < -0.4 is 16.8 Å². The Morgan fingerprint density at radius 1 is 0.867 bits per heavy atom. The first-order valence-corrected chi connectivity index (χ1v) is 10.0. The van der Waals surface area contributed by atoms with Crippen molar-refractivity contribution < 1.29 is 8.78 Å². The second-order valence-electron chi connectivity index (χ2n) is 7.83. The molecule has 30 heavy (non-hydrogen) atoms. The zero-order valence-electron chi connectivity index (χ0n) is 17.3. The van der Waals surface area contributed by atoms with Crippen LogP contribution in [0.2, 0.25) is 0 Å². The molecule has 0 radical (unpaired) electrons. The quantitative estimate of drug-likeness (QED) is 0.494. The van der Waals surface area contributed by atoms with E-state index in [0.29, 0.717) is 24.1 Å². The number of nitrogens with zero attached hydrogens (tertiary/aromatic N) is 1. The molecule has 0 aliphatic heterocycles. The topological polar surface area (TPSA) is 77.0 Å². The molecular weight excluding hydrogens is 382 g/mol. The van der Waals surface area contributed by atoms with Crippen molar-refractivity contribution in [1.82, 2.24) is 10.3 Å². The van der Waals surface area contributed by atoms with Crippen LogP contribution >= 0.6 is 0 Å². The van der Waals surface area contributed by atoms with Gasteiger partial charge in [0.05, 0.1) is 6.54 Å². The standard InChI is InChI=1S/C24H28F2N4/c1-16(2)17-7-6-8-18(11-17)21(19-12-22(27)30-23(28)13-19)14-29-15-24(25,26)20-9-4-3-5-10-20/h3-13,16,21,29H,14-15H2,1-2H3,(H4,27,28,30). The highest BCUT2D eigenvalue weighted by atomic mass is 19.3. The first-order chi connectivity index (χ1) is 14.3. The minimum Gasteiger partial charge on any atom is -0.384 e. The zero-order chi connectivity index (χ0) is 21.7. The SMILES string of the molecule is CC(C)c1cccc(C(CNCC(F)(F)c2ccccc2)c2cc(N)nc(N)c2)c1. The maximum atomic E-state index is 14.6. The molecule has 6 heteroatoms. The lowest BCUT2D eigenvalue weighted by Crippen LogP contribution is -2.33. The Bertz CT molecular complexity index is 954. The minimum atomic E-state index is -2.97. The second-order valence-corrected chi connectivity index (χ2v) is 7.83. The van der Waals surface area contributed by atoms with Crippen molar-refractivity contribution in [2.24, 2.45) is 0 Å². The van der Waals surface area contributed by atoms with Gasteiger partial charge in [-0.3, -0.25) is 0 Å². The molecule has 1 unspecified atom stereocenters. The molecule has 1 heterocycles. The van der Waals surface area contributed by atoms with Gasteiger partial charge in [-0.2, -0.15) is 8.78 Å². The molecule has 3 aromatic rings. The first kappa shape index (κ1) is 21.7. The number of hydrogen-bond acceptors (Lipinski definition) is 4. The average molecular weight is 411 g/mol. The number of hydrogen-bond donors (Lipinski definition) is 3. The number of nitrogen functional groups attached to an aromatic ring is 2. The lowest BCUT2D eigenvalue weighted by atomic mass is 9.88. The van der Waals surface area contributed by atoms with Gasteiger partial charge in [-0.1, -0.05) is 68.4 Å². The third-order valence-electron chi connectivity index (χ3n) is 5.16. The number of alkyl halides is 2. The largest absolute Gasteiger partial charge is 0.384 e. The minimum absolute atomic E-state index is 0.00625. The average Bonchev–Trinajstić information content (AvgIpc) is 2.71. The molecule has 0 bridgehead atoms. The molecule has 2 aromatic carbocycles. The molecule has 0 spiro atoms. The van der Waals surface area contributed by atoms with Crippen LogP contribution in [-0.2, 0) is 5.92 Å². The molecule has 0 saturated carbocycles. The van der Waals surface area contributed by atoms with E-state index in [1.807, 2.05) is 12.1 Å². The fourth-order valence-electron chi connectivity index (χ4n) is 3.52. The second kappa shape index (κ2) is 9.22. The van der Waals surface area contributed by atoms with Crippen molar-refractivity contribution >= 4 is 11.6 Å². The van der Waals surface area contributed by atoms with Crippen molar-refractivity contribution in [2.45, 2.75) is 31.6 Å². The summed E-state index contributed by atoms with van der Waals surface area (Å²) in [6, 6.07) is 19.5. The summed E-state index contributed by atoms with van der Waals surface area (Å²) in [6.45, 7) is 4.09. The Hall–Kier alpha value is -2.99. The van der Waals surface area contributed by atoms with Gasteiger partial charge in [0.1, 0.15) is 11.6 Å². The van der Waals surface area contributed by atoms with Gasteiger partial charge in [-0.05, 0) is 34.7 Å². The molecule has 1 aromatic heterocycles. The summed E-state index contributed by atoms with van der Waals surface area (Å²) in [4.78, 5) is 4.03. The fraction of sp³-hybridized carbons (Fsp3) is 0.292. The summed E-state index contributed by atoms with van der Waals surface area (Å²) in [6.07, 6.45) is 0. The van der Waals surface area contributed by atoms with Crippen molar-refractivity contribution in [3.8, 4) is 0 Å². The van der Waals surface area contributed by atoms with Gasteiger partial charge >= 0.3 is 0 Å². The Labute approximate surface area is 176 Å². The number of halogens is 2. The van der Waals surface area contributed by atoms with E-state index in [9.17, 15) is 8.78 Å². The maximum absolute atomic E-state index is 14.6. The van der Waals surface area contributed by atoms with E-state index in [-0.39, 0.29) is 11.5 Å². The molecule has 5 N–H and O–H groups in total. The zero-order valence-corrected chi connectivity index (χ0v) is 17.3. The molecule has 3 rings (SSSR count). The van der Waals surface area contributed by atoms with E-state index in [1.54, 1.807) is 30.3 Å². The van der Waals surface area contributed by atoms with E-state index in [2.05, 4.69) is 36.3 Å². The number of rotatable bonds is 8. The van der Waals surface area contributed by atoms with Gasteiger partial charge < -0.3 is 16.8 Å². The number of aromatic nitrogens is 1. The van der Waals surface area contributed by atoms with Crippen LogP contribution in [0.15, 0.2) is 66.7 Å². The Morgan fingerprint density at radius 3 is 2.13 bits per heavy atom. The molecule has 4 nitrogen and oxygen atoms in total. The fourth-order valence-corrected chi connectivity index (χ4v) is 3.52. The summed E-state index contributed by atoms with van der Waals surface area (Å²) >= 11 is 0. The number of nitrogens with one attached hydrogen (secondary N) is 1. The first-order valence-electron chi connectivity index (χ1n) is 10.0. The van der Waals surface area contributed by atoms with Crippen LogP contribution in [0.3, 0.4) is 0 Å². The van der Waals surface area contributed by atoms with E-state index in [1.165, 1.54) is 17.7 Å². The van der Waals surface area contributed by atoms with Crippen LogP contribution in [0, 0.1) is 0 Å². The molecular formula is C24H28F2N4. The lowest BCUT2D eigenvalue weighted by molar-refractivity contribution is -0.00309.